The van der Waals surface area contributed by atoms with Crippen LogP contribution in [0, 0.1) is 5.82 Å². The van der Waals surface area contributed by atoms with Crippen molar-refractivity contribution in [2.24, 2.45) is 0 Å². The van der Waals surface area contributed by atoms with Crippen LogP contribution in [0.15, 0.2) is 29.2 Å². The normalized spacial score (nSPS) is 21.6. The summed E-state index contributed by atoms with van der Waals surface area (Å²) in [6.45, 7) is 3.51. The molecule has 1 atom stereocenters. The van der Waals surface area contributed by atoms with Crippen molar-refractivity contribution < 1.29 is 17.6 Å². The van der Waals surface area contributed by atoms with Crippen molar-refractivity contribution in [2.75, 3.05) is 26.2 Å². The zero-order chi connectivity index (χ0) is 18.7. The summed E-state index contributed by atoms with van der Waals surface area (Å²) in [6, 6.07) is 4.89. The van der Waals surface area contributed by atoms with Crippen LogP contribution in [0.3, 0.4) is 0 Å². The van der Waals surface area contributed by atoms with Gasteiger partial charge in [-0.1, -0.05) is 12.8 Å². The highest BCUT2D eigenvalue weighted by atomic mass is 32.2. The average molecular weight is 383 g/mol. The minimum absolute atomic E-state index is 0.0201. The van der Waals surface area contributed by atoms with Gasteiger partial charge in [0.25, 0.3) is 0 Å². The first kappa shape index (κ1) is 19.3. The molecule has 0 bridgehead atoms. The molecule has 1 aliphatic heterocycles. The number of piperazine rings is 1. The standard InChI is InChI=1S/C18H26FN3O3S/c1-14(18(23)20-16-4-2-3-5-16)21-10-12-22(13-11-21)26(24,25)17-8-6-15(19)7-9-17/h6-9,14,16H,2-5,10-13H2,1H3,(H,20,23)/t14-/m0/s1. The molecule has 0 unspecified atom stereocenters. The summed E-state index contributed by atoms with van der Waals surface area (Å²) in [5, 5.41) is 3.10. The Kier molecular flexibility index (Phi) is 5.94. The summed E-state index contributed by atoms with van der Waals surface area (Å²) < 4.78 is 39.7. The third-order valence-corrected chi connectivity index (χ3v) is 7.27. The predicted octanol–water partition coefficient (Wildman–Crippen LogP) is 1.58. The first-order valence-electron chi connectivity index (χ1n) is 9.18. The van der Waals surface area contributed by atoms with Crippen LogP contribution in [0.2, 0.25) is 0 Å². The summed E-state index contributed by atoms with van der Waals surface area (Å²) in [4.78, 5) is 14.5. The molecule has 1 aromatic rings. The van der Waals surface area contributed by atoms with Crippen LogP contribution in [0.1, 0.15) is 32.6 Å². The van der Waals surface area contributed by atoms with Crippen LogP contribution in [0.4, 0.5) is 4.39 Å². The van der Waals surface area contributed by atoms with Crippen LogP contribution in [0.25, 0.3) is 0 Å². The van der Waals surface area contributed by atoms with Gasteiger partial charge >= 0.3 is 0 Å². The maximum absolute atomic E-state index is 13.0. The number of halogens is 1. The Morgan fingerprint density at radius 2 is 1.69 bits per heavy atom. The summed E-state index contributed by atoms with van der Waals surface area (Å²) in [7, 11) is -3.63. The van der Waals surface area contributed by atoms with Crippen molar-refractivity contribution in [2.45, 2.75) is 49.6 Å². The number of nitrogens with zero attached hydrogens (tertiary/aromatic N) is 2. The van der Waals surface area contributed by atoms with E-state index < -0.39 is 15.8 Å². The lowest BCUT2D eigenvalue weighted by atomic mass is 10.2. The lowest BCUT2D eigenvalue weighted by molar-refractivity contribution is -0.127. The van der Waals surface area contributed by atoms with Gasteiger partial charge in [-0.2, -0.15) is 4.31 Å². The first-order valence-corrected chi connectivity index (χ1v) is 10.6. The van der Waals surface area contributed by atoms with E-state index in [1.165, 1.54) is 29.3 Å². The Hall–Kier alpha value is -1.51. The molecule has 144 valence electrons. The van der Waals surface area contributed by atoms with Gasteiger partial charge in [0.1, 0.15) is 5.82 Å². The first-order chi connectivity index (χ1) is 12.4. The zero-order valence-electron chi connectivity index (χ0n) is 15.0. The Labute approximate surface area is 154 Å². The number of amides is 1. The molecule has 0 radical (unpaired) electrons. The highest BCUT2D eigenvalue weighted by Crippen LogP contribution is 2.20. The second-order valence-corrected chi connectivity index (χ2v) is 9.00. The second kappa shape index (κ2) is 8.02. The van der Waals surface area contributed by atoms with Crippen LogP contribution < -0.4 is 5.32 Å². The zero-order valence-corrected chi connectivity index (χ0v) is 15.8. The van der Waals surface area contributed by atoms with Gasteiger partial charge in [-0.05, 0) is 44.0 Å². The summed E-state index contributed by atoms with van der Waals surface area (Å²) >= 11 is 0. The third-order valence-electron chi connectivity index (χ3n) is 5.35. The Morgan fingerprint density at radius 1 is 1.12 bits per heavy atom. The van der Waals surface area contributed by atoms with Crippen molar-refractivity contribution in [1.29, 1.82) is 0 Å². The van der Waals surface area contributed by atoms with Gasteiger partial charge in [0.05, 0.1) is 10.9 Å². The molecule has 1 aromatic carbocycles. The van der Waals surface area contributed by atoms with Gasteiger partial charge in [0.2, 0.25) is 15.9 Å². The number of hydrogen-bond donors (Lipinski definition) is 1. The molecule has 1 aliphatic carbocycles. The van der Waals surface area contributed by atoms with E-state index in [1.54, 1.807) is 0 Å². The Morgan fingerprint density at radius 3 is 2.27 bits per heavy atom. The van der Waals surface area contributed by atoms with Crippen molar-refractivity contribution in [3.8, 4) is 0 Å². The molecule has 0 aromatic heterocycles. The summed E-state index contributed by atoms with van der Waals surface area (Å²) in [5.41, 5.74) is 0. The summed E-state index contributed by atoms with van der Waals surface area (Å²) in [6.07, 6.45) is 4.42. The van der Waals surface area contributed by atoms with Crippen molar-refractivity contribution in [1.82, 2.24) is 14.5 Å². The fourth-order valence-corrected chi connectivity index (χ4v) is 5.07. The van der Waals surface area contributed by atoms with Gasteiger partial charge < -0.3 is 5.32 Å². The van der Waals surface area contributed by atoms with Gasteiger partial charge in [0, 0.05) is 32.2 Å². The number of benzene rings is 1. The van der Waals surface area contributed by atoms with Crippen LogP contribution in [-0.2, 0) is 14.8 Å². The molecule has 1 amide bonds. The fourth-order valence-electron chi connectivity index (χ4n) is 3.64. The minimum Gasteiger partial charge on any atom is -0.352 e. The van der Waals surface area contributed by atoms with Crippen molar-refractivity contribution in [3.63, 3.8) is 0 Å². The Bertz CT molecular complexity index is 725. The van der Waals surface area contributed by atoms with Crippen molar-refractivity contribution in [3.05, 3.63) is 30.1 Å². The monoisotopic (exact) mass is 383 g/mol. The lowest BCUT2D eigenvalue weighted by Crippen LogP contribution is -2.55. The molecular formula is C18H26FN3O3S. The highest BCUT2D eigenvalue weighted by molar-refractivity contribution is 7.89. The second-order valence-electron chi connectivity index (χ2n) is 7.06. The van der Waals surface area contributed by atoms with E-state index in [0.29, 0.717) is 26.2 Å². The molecule has 1 heterocycles. The summed E-state index contributed by atoms with van der Waals surface area (Å²) in [5.74, 6) is -0.442. The molecule has 2 fully saturated rings. The maximum Gasteiger partial charge on any atom is 0.243 e. The van der Waals surface area contributed by atoms with Gasteiger partial charge in [-0.25, -0.2) is 12.8 Å². The van der Waals surface area contributed by atoms with Gasteiger partial charge in [-0.15, -0.1) is 0 Å². The van der Waals surface area contributed by atoms with E-state index in [0.717, 1.165) is 25.0 Å². The fraction of sp³-hybridized carbons (Fsp3) is 0.611. The third kappa shape index (κ3) is 4.24. The smallest absolute Gasteiger partial charge is 0.243 e. The van der Waals surface area contributed by atoms with Gasteiger partial charge in [-0.3, -0.25) is 9.69 Å². The minimum atomic E-state index is -3.63. The van der Waals surface area contributed by atoms with Crippen molar-refractivity contribution >= 4 is 15.9 Å². The molecule has 8 heteroatoms. The van der Waals surface area contributed by atoms with Gasteiger partial charge in [0.15, 0.2) is 0 Å². The molecule has 1 saturated carbocycles. The molecule has 3 rings (SSSR count). The van der Waals surface area contributed by atoms with E-state index in [1.807, 2.05) is 11.8 Å². The lowest BCUT2D eigenvalue weighted by Gasteiger charge is -2.37. The van der Waals surface area contributed by atoms with Crippen LogP contribution in [0.5, 0.6) is 0 Å². The number of nitrogens with one attached hydrogen (secondary N) is 1. The SMILES string of the molecule is C[C@@H](C(=O)NC1CCCC1)N1CCN(S(=O)(=O)c2ccc(F)cc2)CC1. The quantitative estimate of drug-likeness (QED) is 0.838. The number of carbonyl (C=O) groups excluding carboxylic acids is 1. The van der Waals surface area contributed by atoms with E-state index >= 15 is 0 Å². The van der Waals surface area contributed by atoms with E-state index in [9.17, 15) is 17.6 Å². The molecule has 1 N–H and O–H groups in total. The average Bonchev–Trinajstić information content (AvgIpc) is 3.14. The topological polar surface area (TPSA) is 69.7 Å². The van der Waals surface area contributed by atoms with E-state index in [4.69, 9.17) is 0 Å². The molecule has 1 saturated heterocycles. The molecule has 26 heavy (non-hydrogen) atoms. The number of rotatable bonds is 5. The number of carbonyl (C=O) groups is 1. The van der Waals surface area contributed by atoms with E-state index in [-0.39, 0.29) is 22.9 Å². The number of hydrogen-bond acceptors (Lipinski definition) is 4. The molecule has 2 aliphatic rings. The van der Waals surface area contributed by atoms with E-state index in [2.05, 4.69) is 5.32 Å². The van der Waals surface area contributed by atoms with Crippen LogP contribution >= 0.6 is 0 Å². The maximum atomic E-state index is 13.0. The largest absolute Gasteiger partial charge is 0.352 e. The number of sulfonamides is 1. The Balaban J connectivity index is 1.56. The van der Waals surface area contributed by atoms with Crippen LogP contribution in [-0.4, -0.2) is 61.8 Å². The highest BCUT2D eigenvalue weighted by Gasteiger charge is 2.32. The molecule has 6 nitrogen and oxygen atoms in total. The molecule has 0 spiro atoms. The predicted molar refractivity (Wildman–Crippen MR) is 96.6 cm³/mol. The molecular weight excluding hydrogens is 357 g/mol.